The van der Waals surface area contributed by atoms with Crippen LogP contribution in [0.5, 0.6) is 0 Å². The van der Waals surface area contributed by atoms with E-state index in [1.54, 1.807) is 48.6 Å². The third-order valence-electron chi connectivity index (χ3n) is 6.45. The summed E-state index contributed by atoms with van der Waals surface area (Å²) in [7, 11) is 0. The maximum Gasteiger partial charge on any atom is 0.161 e. The largest absolute Gasteiger partial charge is 0.239 e. The van der Waals surface area contributed by atoms with Gasteiger partial charge in [0.2, 0.25) is 0 Å². The Morgan fingerprint density at radius 3 is 2.29 bits per heavy atom. The van der Waals surface area contributed by atoms with Crippen LogP contribution in [0, 0.1) is 11.7 Å². The first-order chi connectivity index (χ1) is 15.0. The molecule has 0 radical (unpaired) electrons. The molecule has 2 aromatic rings. The van der Waals surface area contributed by atoms with Crippen molar-refractivity contribution in [3.63, 3.8) is 0 Å². The maximum absolute atomic E-state index is 14.9. The van der Waals surface area contributed by atoms with Crippen molar-refractivity contribution in [3.05, 3.63) is 95.9 Å². The topological polar surface area (TPSA) is 0 Å². The summed E-state index contributed by atoms with van der Waals surface area (Å²) < 4.78 is 43.7. The van der Waals surface area contributed by atoms with Crippen LogP contribution < -0.4 is 0 Å². The number of allylic oxidation sites excluding steroid dienone is 7. The zero-order chi connectivity index (χ0) is 22.0. The number of alkyl halides is 2. The van der Waals surface area contributed by atoms with Gasteiger partial charge >= 0.3 is 0 Å². The lowest BCUT2D eigenvalue weighted by Crippen LogP contribution is -2.23. The molecule has 0 spiro atoms. The van der Waals surface area contributed by atoms with Crippen LogP contribution in [0.25, 0.3) is 22.3 Å². The van der Waals surface area contributed by atoms with E-state index in [1.807, 2.05) is 19.1 Å². The average molecular weight is 421 g/mol. The molecule has 0 amide bonds. The molecule has 0 saturated carbocycles. The average Bonchev–Trinajstić information content (AvgIpc) is 2.81. The molecule has 160 valence electrons. The Kier molecular flexibility index (Phi) is 6.31. The summed E-state index contributed by atoms with van der Waals surface area (Å²) in [5.74, 6) is 0.225. The van der Waals surface area contributed by atoms with E-state index in [4.69, 9.17) is 0 Å². The highest BCUT2D eigenvalue weighted by Crippen LogP contribution is 2.35. The van der Waals surface area contributed by atoms with Gasteiger partial charge in [0.05, 0.1) is 0 Å². The van der Waals surface area contributed by atoms with E-state index in [1.165, 1.54) is 5.57 Å². The third-order valence-corrected chi connectivity index (χ3v) is 6.45. The Labute approximate surface area is 182 Å². The fourth-order valence-corrected chi connectivity index (χ4v) is 4.42. The Morgan fingerprint density at radius 2 is 1.68 bits per heavy atom. The Balaban J connectivity index is 1.56. The van der Waals surface area contributed by atoms with E-state index < -0.39 is 12.3 Å². The smallest absolute Gasteiger partial charge is 0.161 e. The molecule has 31 heavy (non-hydrogen) atoms. The van der Waals surface area contributed by atoms with Gasteiger partial charge in [-0.15, -0.1) is 6.58 Å². The second-order valence-electron chi connectivity index (χ2n) is 8.29. The highest BCUT2D eigenvalue weighted by Gasteiger charge is 2.30. The first-order valence-corrected chi connectivity index (χ1v) is 10.9. The van der Waals surface area contributed by atoms with Gasteiger partial charge < -0.3 is 0 Å². The van der Waals surface area contributed by atoms with Gasteiger partial charge in [0.25, 0.3) is 0 Å². The minimum atomic E-state index is -1.67. The van der Waals surface area contributed by atoms with Crippen molar-refractivity contribution in [2.24, 2.45) is 5.92 Å². The van der Waals surface area contributed by atoms with Crippen molar-refractivity contribution >= 4 is 11.1 Å². The van der Waals surface area contributed by atoms with Crippen LogP contribution in [0.1, 0.15) is 43.7 Å². The van der Waals surface area contributed by atoms with Gasteiger partial charge in [0.15, 0.2) is 12.3 Å². The first kappa shape index (κ1) is 21.4. The van der Waals surface area contributed by atoms with Crippen LogP contribution in [0.15, 0.2) is 78.9 Å². The van der Waals surface area contributed by atoms with Crippen LogP contribution >= 0.6 is 0 Å². The van der Waals surface area contributed by atoms with Gasteiger partial charge in [0.1, 0.15) is 5.82 Å². The standard InChI is InChI=1S/C28H27F3/c1-3-18-5-7-20(8-6-18)23-14-15-24(26(29)17-23)21-9-11-22(12-10-21)25-16-13-19(4-2)27(30)28(25)31/h3,7,9-18,27-28H,1,4-6,8H2,2H3. The monoisotopic (exact) mass is 420 g/mol. The van der Waals surface area contributed by atoms with Gasteiger partial charge in [-0.3, -0.25) is 0 Å². The number of rotatable bonds is 5. The predicted octanol–water partition coefficient (Wildman–Crippen LogP) is 8.27. The Morgan fingerprint density at radius 1 is 0.968 bits per heavy atom. The van der Waals surface area contributed by atoms with Crippen molar-refractivity contribution in [3.8, 4) is 11.1 Å². The third kappa shape index (κ3) is 4.32. The van der Waals surface area contributed by atoms with Crippen molar-refractivity contribution in [2.75, 3.05) is 0 Å². The molecule has 0 heterocycles. The van der Waals surface area contributed by atoms with Gasteiger partial charge in [-0.25, -0.2) is 13.2 Å². The Bertz CT molecular complexity index is 1060. The molecule has 2 aromatic carbocycles. The minimum absolute atomic E-state index is 0.281. The van der Waals surface area contributed by atoms with E-state index in [2.05, 4.69) is 12.7 Å². The van der Waals surface area contributed by atoms with E-state index in [9.17, 15) is 13.2 Å². The van der Waals surface area contributed by atoms with E-state index in [0.717, 1.165) is 24.8 Å². The first-order valence-electron chi connectivity index (χ1n) is 10.9. The molecule has 0 aliphatic heterocycles. The minimum Gasteiger partial charge on any atom is -0.239 e. The van der Waals surface area contributed by atoms with Crippen molar-refractivity contribution < 1.29 is 13.2 Å². The molecule has 0 N–H and O–H groups in total. The summed E-state index contributed by atoms with van der Waals surface area (Å²) in [5.41, 5.74) is 4.73. The number of hydrogen-bond donors (Lipinski definition) is 0. The molecule has 0 bridgehead atoms. The van der Waals surface area contributed by atoms with Crippen LogP contribution in [-0.2, 0) is 0 Å². The van der Waals surface area contributed by atoms with Gasteiger partial charge in [-0.2, -0.15) is 0 Å². The van der Waals surface area contributed by atoms with E-state index >= 15 is 0 Å². The van der Waals surface area contributed by atoms with Crippen molar-refractivity contribution in [2.45, 2.75) is 45.0 Å². The van der Waals surface area contributed by atoms with E-state index in [-0.39, 0.29) is 5.82 Å². The fraction of sp³-hybridized carbons (Fsp3) is 0.286. The number of halogens is 3. The zero-order valence-corrected chi connectivity index (χ0v) is 17.8. The van der Waals surface area contributed by atoms with Crippen LogP contribution in [0.3, 0.4) is 0 Å². The molecule has 0 aromatic heterocycles. The molecule has 3 unspecified atom stereocenters. The summed E-state index contributed by atoms with van der Waals surface area (Å²) >= 11 is 0. The molecule has 3 heteroatoms. The molecular weight excluding hydrogens is 393 g/mol. The maximum atomic E-state index is 14.9. The summed E-state index contributed by atoms with van der Waals surface area (Å²) in [6, 6.07) is 12.3. The number of hydrogen-bond acceptors (Lipinski definition) is 0. The Hall–Kier alpha value is -2.81. The molecule has 0 fully saturated rings. The molecule has 0 saturated heterocycles. The summed E-state index contributed by atoms with van der Waals surface area (Å²) in [4.78, 5) is 0. The second kappa shape index (κ2) is 9.13. The molecule has 0 nitrogen and oxygen atoms in total. The molecule has 3 atom stereocenters. The number of benzene rings is 2. The quantitative estimate of drug-likeness (QED) is 0.427. The lowest BCUT2D eigenvalue weighted by molar-refractivity contribution is 0.239. The van der Waals surface area contributed by atoms with Crippen molar-refractivity contribution in [1.82, 2.24) is 0 Å². The SMILES string of the molecule is C=CC1CC=C(c2ccc(-c3ccc(C4=CC=C(CC)C(F)C4F)cc3)c(F)c2)CC1. The molecule has 2 aliphatic carbocycles. The summed E-state index contributed by atoms with van der Waals surface area (Å²) in [6.07, 6.45) is 7.61. The normalized spacial score (nSPS) is 23.6. The zero-order valence-electron chi connectivity index (χ0n) is 17.8. The highest BCUT2D eigenvalue weighted by molar-refractivity contribution is 5.76. The van der Waals surface area contributed by atoms with Gasteiger partial charge in [0, 0.05) is 5.56 Å². The predicted molar refractivity (Wildman–Crippen MR) is 123 cm³/mol. The van der Waals surface area contributed by atoms with Gasteiger partial charge in [-0.05, 0) is 71.1 Å². The fourth-order valence-electron chi connectivity index (χ4n) is 4.42. The van der Waals surface area contributed by atoms with Gasteiger partial charge in [-0.1, -0.05) is 67.6 Å². The summed E-state index contributed by atoms with van der Waals surface area (Å²) in [5, 5.41) is 0. The molecular formula is C28H27F3. The van der Waals surface area contributed by atoms with Crippen molar-refractivity contribution in [1.29, 1.82) is 0 Å². The second-order valence-corrected chi connectivity index (χ2v) is 8.29. The lowest BCUT2D eigenvalue weighted by atomic mass is 9.86. The van der Waals surface area contributed by atoms with Crippen LogP contribution in [0.2, 0.25) is 0 Å². The van der Waals surface area contributed by atoms with Crippen LogP contribution in [-0.4, -0.2) is 12.3 Å². The molecule has 4 rings (SSSR count). The summed E-state index contributed by atoms with van der Waals surface area (Å²) in [6.45, 7) is 5.68. The lowest BCUT2D eigenvalue weighted by Gasteiger charge is -2.23. The van der Waals surface area contributed by atoms with Crippen LogP contribution in [0.4, 0.5) is 13.2 Å². The molecule has 2 aliphatic rings. The van der Waals surface area contributed by atoms with E-state index in [0.29, 0.717) is 40.2 Å². The highest BCUT2D eigenvalue weighted by atomic mass is 19.2.